The van der Waals surface area contributed by atoms with Gasteiger partial charge in [0.25, 0.3) is 0 Å². The van der Waals surface area contributed by atoms with Crippen LogP contribution in [0.15, 0.2) is 11.3 Å². The lowest BCUT2D eigenvalue weighted by Crippen LogP contribution is -2.76. The number of allylic oxidation sites excluding steroid dienone is 1. The number of rotatable bonds is 0. The zero-order valence-electron chi connectivity index (χ0n) is 16.3. The number of carbonyl (C=O) groups is 2. The van der Waals surface area contributed by atoms with Gasteiger partial charge in [0.05, 0.1) is 29.6 Å². The maximum Gasteiger partial charge on any atom is 0.341 e. The molecular weight excluding hydrogens is 368 g/mol. The number of hydrogen-bond acceptors (Lipinski definition) is 8. The summed E-state index contributed by atoms with van der Waals surface area (Å²) in [4.78, 5) is 26.4. The van der Waals surface area contributed by atoms with Gasteiger partial charge in [0.15, 0.2) is 17.0 Å². The number of aliphatic hydroxyl groups excluding tert-OH is 3. The molecule has 28 heavy (non-hydrogen) atoms. The van der Waals surface area contributed by atoms with Crippen molar-refractivity contribution in [2.45, 2.75) is 75.1 Å². The first-order chi connectivity index (χ1) is 12.8. The monoisotopic (exact) mass is 394 g/mol. The fraction of sp³-hybridized carbons (Fsp3) is 0.800. The SMILES string of the molecule is C[C@H]1C[C@](C)(O)C(=O)[C@@H]2[C@@H](O)[C@@H]3[C@H](O)[C@]4(C)O[C@@]25/C(=C\1O)C(=O)O[C@]35C[C@@H]4C. The standard InChI is InChI=1S/C20H26O8/c1-7-5-17(3,26)14(23)10-13(22)9-15(24)18(4)8(2)6-19(9)20(10,28-18)11(12(7)21)16(25)27-19/h7-10,13,15,21-22,24,26H,5-6H2,1-4H3/b12-11+/t7-,8-,9+,10-,13-,15-,17-,18+,19+,20+/m0/s1. The van der Waals surface area contributed by atoms with Crippen molar-refractivity contribution in [1.82, 2.24) is 0 Å². The van der Waals surface area contributed by atoms with Gasteiger partial charge < -0.3 is 29.9 Å². The molecule has 3 aliphatic carbocycles. The second-order valence-corrected chi connectivity index (χ2v) is 9.85. The van der Waals surface area contributed by atoms with Crippen LogP contribution < -0.4 is 0 Å². The van der Waals surface area contributed by atoms with Crippen LogP contribution >= 0.6 is 0 Å². The molecular formula is C20H26O8. The molecule has 3 aliphatic heterocycles. The number of Topliss-reactive ketones (excluding diaryl/α,β-unsaturated/α-hetero) is 1. The van der Waals surface area contributed by atoms with Crippen LogP contribution in [0.25, 0.3) is 0 Å². The van der Waals surface area contributed by atoms with Crippen LogP contribution in [0.5, 0.6) is 0 Å². The summed E-state index contributed by atoms with van der Waals surface area (Å²) in [6.45, 7) is 6.52. The maximum absolute atomic E-state index is 13.4. The average molecular weight is 394 g/mol. The number of fused-ring (bicyclic) bond motifs is 1. The molecule has 0 aromatic heterocycles. The average Bonchev–Trinajstić information content (AvgIpc) is 2.89. The predicted molar refractivity (Wildman–Crippen MR) is 92.9 cm³/mol. The molecule has 8 heteroatoms. The Morgan fingerprint density at radius 2 is 1.75 bits per heavy atom. The van der Waals surface area contributed by atoms with Crippen molar-refractivity contribution < 1.29 is 39.5 Å². The molecule has 154 valence electrons. The quantitative estimate of drug-likeness (QED) is 0.422. The van der Waals surface area contributed by atoms with Gasteiger partial charge in [-0.2, -0.15) is 0 Å². The number of aliphatic hydroxyl groups is 4. The summed E-state index contributed by atoms with van der Waals surface area (Å²) in [5, 5.41) is 44.1. The summed E-state index contributed by atoms with van der Waals surface area (Å²) < 4.78 is 12.2. The molecule has 0 radical (unpaired) electrons. The first kappa shape index (κ1) is 18.5. The van der Waals surface area contributed by atoms with Crippen molar-refractivity contribution in [1.29, 1.82) is 0 Å². The van der Waals surface area contributed by atoms with E-state index >= 15 is 0 Å². The lowest BCUT2D eigenvalue weighted by molar-refractivity contribution is -0.342. The van der Waals surface area contributed by atoms with E-state index in [0.29, 0.717) is 0 Å². The zero-order chi connectivity index (χ0) is 20.6. The van der Waals surface area contributed by atoms with Gasteiger partial charge in [0.1, 0.15) is 16.9 Å². The van der Waals surface area contributed by atoms with Crippen LogP contribution in [0.4, 0.5) is 0 Å². The molecule has 0 unspecified atom stereocenters. The molecule has 10 atom stereocenters. The van der Waals surface area contributed by atoms with Crippen molar-refractivity contribution in [3.05, 3.63) is 11.3 Å². The Morgan fingerprint density at radius 1 is 1.11 bits per heavy atom. The molecule has 2 saturated carbocycles. The Balaban J connectivity index is 1.89. The summed E-state index contributed by atoms with van der Waals surface area (Å²) in [6.07, 6.45) is -2.38. The number of ether oxygens (including phenoxy) is 2. The van der Waals surface area contributed by atoms with Gasteiger partial charge in [-0.15, -0.1) is 0 Å². The van der Waals surface area contributed by atoms with Crippen molar-refractivity contribution in [3.63, 3.8) is 0 Å². The van der Waals surface area contributed by atoms with Crippen LogP contribution in [0.3, 0.4) is 0 Å². The molecule has 8 nitrogen and oxygen atoms in total. The molecule has 4 bridgehead atoms. The molecule has 6 rings (SSSR count). The predicted octanol–water partition coefficient (Wildman–Crippen LogP) is -0.0107. The van der Waals surface area contributed by atoms with Crippen LogP contribution in [0, 0.1) is 23.7 Å². The molecule has 4 N–H and O–H groups in total. The van der Waals surface area contributed by atoms with Gasteiger partial charge in [-0.1, -0.05) is 13.8 Å². The van der Waals surface area contributed by atoms with E-state index < -0.39 is 64.1 Å². The summed E-state index contributed by atoms with van der Waals surface area (Å²) in [5.41, 5.74) is -6.31. The molecule has 3 saturated heterocycles. The third-order valence-electron chi connectivity index (χ3n) is 8.30. The summed E-state index contributed by atoms with van der Waals surface area (Å²) in [5.74, 6) is -4.92. The van der Waals surface area contributed by atoms with Gasteiger partial charge in [-0.25, -0.2) is 4.79 Å². The highest BCUT2D eigenvalue weighted by Crippen LogP contribution is 2.73. The fourth-order valence-corrected chi connectivity index (χ4v) is 6.91. The largest absolute Gasteiger partial charge is 0.511 e. The molecule has 5 fully saturated rings. The molecule has 6 aliphatic rings. The zero-order valence-corrected chi connectivity index (χ0v) is 16.3. The lowest BCUT2D eigenvalue weighted by atomic mass is 9.55. The minimum Gasteiger partial charge on any atom is -0.511 e. The number of carbonyl (C=O) groups excluding carboxylic acids is 2. The Hall–Kier alpha value is -1.48. The van der Waals surface area contributed by atoms with Crippen LogP contribution in [0.2, 0.25) is 0 Å². The summed E-state index contributed by atoms with van der Waals surface area (Å²) >= 11 is 0. The topological polar surface area (TPSA) is 134 Å². The second-order valence-electron chi connectivity index (χ2n) is 9.85. The first-order valence-electron chi connectivity index (χ1n) is 9.85. The number of ketones is 1. The summed E-state index contributed by atoms with van der Waals surface area (Å²) in [6, 6.07) is 0. The molecule has 0 aromatic carbocycles. The molecule has 0 aromatic rings. The summed E-state index contributed by atoms with van der Waals surface area (Å²) in [7, 11) is 0. The van der Waals surface area contributed by atoms with Crippen LogP contribution in [0.1, 0.15) is 40.5 Å². The van der Waals surface area contributed by atoms with Crippen molar-refractivity contribution >= 4 is 11.8 Å². The fourth-order valence-electron chi connectivity index (χ4n) is 6.91. The highest BCUT2D eigenvalue weighted by molar-refractivity contribution is 6.01. The van der Waals surface area contributed by atoms with E-state index in [0.717, 1.165) is 0 Å². The van der Waals surface area contributed by atoms with E-state index in [1.54, 1.807) is 13.8 Å². The van der Waals surface area contributed by atoms with Gasteiger partial charge >= 0.3 is 5.97 Å². The minimum absolute atomic E-state index is 0.109. The maximum atomic E-state index is 13.4. The Labute approximate surface area is 162 Å². The Morgan fingerprint density at radius 3 is 2.39 bits per heavy atom. The van der Waals surface area contributed by atoms with E-state index in [4.69, 9.17) is 9.47 Å². The Bertz CT molecular complexity index is 847. The van der Waals surface area contributed by atoms with E-state index in [1.165, 1.54) is 6.92 Å². The lowest BCUT2D eigenvalue weighted by Gasteiger charge is -2.63. The van der Waals surface area contributed by atoms with Crippen molar-refractivity contribution in [3.8, 4) is 0 Å². The molecule has 2 spiro atoms. The van der Waals surface area contributed by atoms with Crippen molar-refractivity contribution in [2.24, 2.45) is 23.7 Å². The third kappa shape index (κ3) is 1.58. The number of esters is 1. The van der Waals surface area contributed by atoms with Crippen molar-refractivity contribution in [2.75, 3.05) is 0 Å². The minimum atomic E-state index is -1.84. The van der Waals surface area contributed by atoms with E-state index in [-0.39, 0.29) is 30.1 Å². The van der Waals surface area contributed by atoms with Gasteiger partial charge in [0.2, 0.25) is 0 Å². The highest BCUT2D eigenvalue weighted by Gasteiger charge is 2.89. The second kappa shape index (κ2) is 4.80. The highest BCUT2D eigenvalue weighted by atomic mass is 16.6. The normalized spacial score (nSPS) is 62.4. The molecule has 3 heterocycles. The van der Waals surface area contributed by atoms with Gasteiger partial charge in [-0.3, -0.25) is 4.79 Å². The van der Waals surface area contributed by atoms with Gasteiger partial charge in [-0.05, 0) is 32.6 Å². The smallest absolute Gasteiger partial charge is 0.341 e. The third-order valence-corrected chi connectivity index (χ3v) is 8.30. The van der Waals surface area contributed by atoms with E-state index in [2.05, 4.69) is 0 Å². The van der Waals surface area contributed by atoms with Crippen LogP contribution in [-0.4, -0.2) is 66.8 Å². The van der Waals surface area contributed by atoms with E-state index in [1.807, 2.05) is 6.92 Å². The van der Waals surface area contributed by atoms with E-state index in [9.17, 15) is 30.0 Å². The van der Waals surface area contributed by atoms with Gasteiger partial charge in [0, 0.05) is 5.92 Å². The number of hydrogen-bond donors (Lipinski definition) is 4. The molecule has 0 amide bonds. The Kier molecular flexibility index (Phi) is 3.18. The van der Waals surface area contributed by atoms with Crippen LogP contribution in [-0.2, 0) is 19.1 Å². The first-order valence-corrected chi connectivity index (χ1v) is 9.85.